The van der Waals surface area contributed by atoms with Gasteiger partial charge in [0.05, 0.1) is 17.7 Å². The molecular formula is C25H32ClN5O2. The van der Waals surface area contributed by atoms with Crippen molar-refractivity contribution in [3.05, 3.63) is 52.4 Å². The van der Waals surface area contributed by atoms with E-state index in [2.05, 4.69) is 27.1 Å². The molecule has 2 unspecified atom stereocenters. The molecule has 0 radical (unpaired) electrons. The van der Waals surface area contributed by atoms with Crippen molar-refractivity contribution < 1.29 is 9.90 Å². The Balaban J connectivity index is 1.32. The van der Waals surface area contributed by atoms with E-state index in [4.69, 9.17) is 11.6 Å². The molecule has 1 aromatic carbocycles. The predicted molar refractivity (Wildman–Crippen MR) is 129 cm³/mol. The number of aliphatic hydroxyl groups excluding tert-OH is 1. The number of fused-ring (bicyclic) bond motifs is 1. The van der Waals surface area contributed by atoms with Crippen molar-refractivity contribution in [1.82, 2.24) is 20.2 Å². The monoisotopic (exact) mass is 469 g/mol. The van der Waals surface area contributed by atoms with Gasteiger partial charge in [0.2, 0.25) is 5.91 Å². The first-order valence-corrected chi connectivity index (χ1v) is 12.5. The number of piperazine rings is 1. The number of carbonyl (C=O) groups excluding carboxylic acids is 1. The average Bonchev–Trinajstić information content (AvgIpc) is 3.15. The van der Waals surface area contributed by atoms with E-state index in [9.17, 15) is 9.90 Å². The molecule has 1 aliphatic carbocycles. The Morgan fingerprint density at radius 2 is 1.91 bits per heavy atom. The van der Waals surface area contributed by atoms with Gasteiger partial charge < -0.3 is 20.2 Å². The van der Waals surface area contributed by atoms with Crippen molar-refractivity contribution in [2.45, 2.75) is 56.6 Å². The van der Waals surface area contributed by atoms with Gasteiger partial charge in [-0.2, -0.15) is 0 Å². The molecule has 0 spiro atoms. The van der Waals surface area contributed by atoms with Gasteiger partial charge in [0, 0.05) is 42.8 Å². The molecule has 4 atom stereocenters. The van der Waals surface area contributed by atoms with Crippen LogP contribution in [0.15, 0.2) is 30.6 Å². The van der Waals surface area contributed by atoms with Crippen molar-refractivity contribution in [2.24, 2.45) is 0 Å². The van der Waals surface area contributed by atoms with Crippen LogP contribution in [0.4, 0.5) is 5.82 Å². The highest BCUT2D eigenvalue weighted by Crippen LogP contribution is 2.42. The molecule has 8 heteroatoms. The molecule has 2 aliphatic heterocycles. The van der Waals surface area contributed by atoms with Gasteiger partial charge in [-0.1, -0.05) is 37.1 Å². The third-order valence-electron chi connectivity index (χ3n) is 7.42. The second-order valence-corrected chi connectivity index (χ2v) is 9.98. The first-order valence-electron chi connectivity index (χ1n) is 12.1. The van der Waals surface area contributed by atoms with Gasteiger partial charge in [0.1, 0.15) is 12.1 Å². The van der Waals surface area contributed by atoms with E-state index in [0.29, 0.717) is 24.5 Å². The molecule has 0 bridgehead atoms. The number of amides is 1. The molecule has 3 heterocycles. The van der Waals surface area contributed by atoms with Crippen molar-refractivity contribution >= 4 is 23.3 Å². The Hall–Kier alpha value is -2.22. The van der Waals surface area contributed by atoms with E-state index in [1.807, 2.05) is 29.2 Å². The SMILES string of the molecule is C[C@@H]1C[C@@H](O)c2ncnc(N3CCN(C(=O)C(c4ccc(Cl)cc4)C4CCCCN4)CC3)c21. The largest absolute Gasteiger partial charge is 0.387 e. The minimum absolute atomic E-state index is 0.151. The minimum Gasteiger partial charge on any atom is -0.387 e. The van der Waals surface area contributed by atoms with Gasteiger partial charge in [-0.15, -0.1) is 0 Å². The fraction of sp³-hybridized carbons (Fsp3) is 0.560. The maximum absolute atomic E-state index is 13.8. The first-order chi connectivity index (χ1) is 16.0. The van der Waals surface area contributed by atoms with Crippen molar-refractivity contribution in [2.75, 3.05) is 37.6 Å². The highest BCUT2D eigenvalue weighted by Gasteiger charge is 2.37. The van der Waals surface area contributed by atoms with E-state index >= 15 is 0 Å². The van der Waals surface area contributed by atoms with Crippen LogP contribution in [0.2, 0.25) is 5.02 Å². The summed E-state index contributed by atoms with van der Waals surface area (Å²) in [5.41, 5.74) is 2.86. The molecule has 5 rings (SSSR count). The third-order valence-corrected chi connectivity index (χ3v) is 7.67. The van der Waals surface area contributed by atoms with Crippen LogP contribution in [0, 0.1) is 0 Å². The van der Waals surface area contributed by atoms with Crippen LogP contribution in [0.5, 0.6) is 0 Å². The lowest BCUT2D eigenvalue weighted by molar-refractivity contribution is -0.134. The molecule has 0 saturated carbocycles. The van der Waals surface area contributed by atoms with Crippen LogP contribution in [-0.4, -0.2) is 64.6 Å². The number of piperidine rings is 1. The van der Waals surface area contributed by atoms with Crippen LogP contribution in [0.1, 0.15) is 67.4 Å². The molecule has 1 aromatic heterocycles. The summed E-state index contributed by atoms with van der Waals surface area (Å²) in [6.07, 6.45) is 5.04. The fourth-order valence-corrected chi connectivity index (χ4v) is 5.80. The Morgan fingerprint density at radius 3 is 2.61 bits per heavy atom. The maximum Gasteiger partial charge on any atom is 0.231 e. The number of benzene rings is 1. The number of hydrogen-bond donors (Lipinski definition) is 2. The number of rotatable bonds is 4. The lowest BCUT2D eigenvalue weighted by Gasteiger charge is -2.40. The summed E-state index contributed by atoms with van der Waals surface area (Å²) in [6, 6.07) is 7.90. The molecule has 33 heavy (non-hydrogen) atoms. The van der Waals surface area contributed by atoms with E-state index in [1.165, 1.54) is 0 Å². The molecule has 2 aromatic rings. The van der Waals surface area contributed by atoms with Gasteiger partial charge in [0.15, 0.2) is 0 Å². The number of hydrogen-bond acceptors (Lipinski definition) is 6. The zero-order chi connectivity index (χ0) is 22.9. The lowest BCUT2D eigenvalue weighted by atomic mass is 9.85. The van der Waals surface area contributed by atoms with Gasteiger partial charge in [-0.3, -0.25) is 4.79 Å². The van der Waals surface area contributed by atoms with Crippen LogP contribution < -0.4 is 10.2 Å². The minimum atomic E-state index is -0.511. The molecule has 1 amide bonds. The van der Waals surface area contributed by atoms with Gasteiger partial charge >= 0.3 is 0 Å². The van der Waals surface area contributed by atoms with E-state index in [0.717, 1.165) is 61.5 Å². The maximum atomic E-state index is 13.8. The van der Waals surface area contributed by atoms with Gasteiger partial charge in [-0.25, -0.2) is 9.97 Å². The van der Waals surface area contributed by atoms with Gasteiger partial charge in [0.25, 0.3) is 0 Å². The highest BCUT2D eigenvalue weighted by molar-refractivity contribution is 6.30. The molecular weight excluding hydrogens is 438 g/mol. The summed E-state index contributed by atoms with van der Waals surface area (Å²) < 4.78 is 0. The van der Waals surface area contributed by atoms with Gasteiger partial charge in [-0.05, 0) is 49.4 Å². The highest BCUT2D eigenvalue weighted by atomic mass is 35.5. The summed E-state index contributed by atoms with van der Waals surface area (Å²) in [6.45, 7) is 5.85. The molecule has 7 nitrogen and oxygen atoms in total. The van der Waals surface area contributed by atoms with Crippen molar-refractivity contribution in [3.8, 4) is 0 Å². The summed E-state index contributed by atoms with van der Waals surface area (Å²) >= 11 is 6.12. The number of halogens is 1. The number of aliphatic hydroxyl groups is 1. The Labute approximate surface area is 200 Å². The van der Waals surface area contributed by atoms with Crippen molar-refractivity contribution in [1.29, 1.82) is 0 Å². The molecule has 2 saturated heterocycles. The van der Waals surface area contributed by atoms with Crippen LogP contribution in [-0.2, 0) is 4.79 Å². The first kappa shape index (κ1) is 22.6. The third kappa shape index (κ3) is 4.46. The summed E-state index contributed by atoms with van der Waals surface area (Å²) in [5, 5.41) is 14.6. The van der Waals surface area contributed by atoms with Crippen LogP contribution in [0.25, 0.3) is 0 Å². The second kappa shape index (κ2) is 9.57. The summed E-state index contributed by atoms with van der Waals surface area (Å²) in [4.78, 5) is 26.9. The molecule has 2 fully saturated rings. The van der Waals surface area contributed by atoms with Crippen molar-refractivity contribution in [3.63, 3.8) is 0 Å². The van der Waals surface area contributed by atoms with E-state index in [-0.39, 0.29) is 23.8 Å². The zero-order valence-corrected chi connectivity index (χ0v) is 19.8. The molecule has 176 valence electrons. The average molecular weight is 470 g/mol. The molecule has 3 aliphatic rings. The second-order valence-electron chi connectivity index (χ2n) is 9.55. The Kier molecular flexibility index (Phi) is 6.54. The van der Waals surface area contributed by atoms with Crippen LogP contribution in [0.3, 0.4) is 0 Å². The summed E-state index contributed by atoms with van der Waals surface area (Å²) in [5.74, 6) is 1.14. The topological polar surface area (TPSA) is 81.6 Å². The fourth-order valence-electron chi connectivity index (χ4n) is 5.67. The summed E-state index contributed by atoms with van der Waals surface area (Å²) in [7, 11) is 0. The normalized spacial score (nSPS) is 26.2. The number of nitrogens with zero attached hydrogens (tertiary/aromatic N) is 4. The number of anilines is 1. The number of carbonyl (C=O) groups is 1. The Morgan fingerprint density at radius 1 is 1.15 bits per heavy atom. The predicted octanol–water partition coefficient (Wildman–Crippen LogP) is 3.25. The van der Waals surface area contributed by atoms with E-state index < -0.39 is 6.10 Å². The Bertz CT molecular complexity index is 987. The quantitative estimate of drug-likeness (QED) is 0.715. The lowest BCUT2D eigenvalue weighted by Crippen LogP contribution is -2.53. The molecule has 2 N–H and O–H groups in total. The zero-order valence-electron chi connectivity index (χ0n) is 19.1. The number of nitrogens with one attached hydrogen (secondary N) is 1. The van der Waals surface area contributed by atoms with Crippen LogP contribution >= 0.6 is 11.6 Å². The standard InChI is InChI=1S/C25H32ClN5O2/c1-16-14-20(32)23-21(16)24(29-15-28-23)30-10-12-31(13-11-30)25(33)22(19-4-2-3-9-27-19)17-5-7-18(26)8-6-17/h5-8,15-16,19-20,22,27,32H,2-4,9-14H2,1H3/t16-,19?,20-,22?/m1/s1. The smallest absolute Gasteiger partial charge is 0.231 e. The van der Waals surface area contributed by atoms with E-state index in [1.54, 1.807) is 6.33 Å². The number of aromatic nitrogens is 2.